The van der Waals surface area contributed by atoms with Gasteiger partial charge in [-0.1, -0.05) is 23.7 Å². The van der Waals surface area contributed by atoms with Crippen molar-refractivity contribution in [3.8, 4) is 11.3 Å². The molecule has 1 aromatic heterocycles. The van der Waals surface area contributed by atoms with E-state index < -0.39 is 6.04 Å². The molecule has 6 heteroatoms. The van der Waals surface area contributed by atoms with Crippen LogP contribution < -0.4 is 0 Å². The molecule has 1 aromatic carbocycles. The van der Waals surface area contributed by atoms with Gasteiger partial charge in [-0.3, -0.25) is 9.59 Å². The molecule has 2 fully saturated rings. The standard InChI is InChI=1S/C20H21ClN2O3/c1-12-19(24)22-9-5-6-14(22)11-23(12)20(25)16-10-18(26-13(16)2)15-7-3-4-8-17(15)21/h3-4,7-8,10,12,14H,5-6,9,11H2,1-2H3/t12-,14-/m0/s1. The number of aryl methyl sites for hydroxylation is 1. The lowest BCUT2D eigenvalue weighted by Crippen LogP contribution is -2.60. The molecule has 0 radical (unpaired) electrons. The molecule has 3 heterocycles. The average molecular weight is 373 g/mol. The molecular formula is C20H21ClN2O3. The van der Waals surface area contributed by atoms with Crippen molar-refractivity contribution in [3.05, 3.63) is 46.7 Å². The number of halogens is 1. The normalized spacial score (nSPS) is 22.7. The molecule has 0 saturated carbocycles. The fourth-order valence-electron chi connectivity index (χ4n) is 3.98. The zero-order valence-electron chi connectivity index (χ0n) is 14.9. The SMILES string of the molecule is Cc1oc(-c2ccccc2Cl)cc1C(=O)N1C[C@@H]2CCCN2C(=O)[C@@H]1C. The number of amides is 2. The first-order chi connectivity index (χ1) is 12.5. The number of hydrogen-bond donors (Lipinski definition) is 0. The van der Waals surface area contributed by atoms with E-state index >= 15 is 0 Å². The predicted molar refractivity (Wildman–Crippen MR) is 99.1 cm³/mol. The maximum atomic E-state index is 13.2. The Kier molecular flexibility index (Phi) is 4.27. The summed E-state index contributed by atoms with van der Waals surface area (Å²) in [6, 6.07) is 8.79. The third kappa shape index (κ3) is 2.71. The molecule has 0 unspecified atom stereocenters. The van der Waals surface area contributed by atoms with E-state index in [1.165, 1.54) is 0 Å². The highest BCUT2D eigenvalue weighted by Gasteiger charge is 2.42. The molecule has 0 bridgehead atoms. The van der Waals surface area contributed by atoms with Crippen molar-refractivity contribution in [3.63, 3.8) is 0 Å². The van der Waals surface area contributed by atoms with E-state index in [9.17, 15) is 9.59 Å². The van der Waals surface area contributed by atoms with E-state index in [0.29, 0.717) is 28.7 Å². The van der Waals surface area contributed by atoms with Crippen LogP contribution in [0.5, 0.6) is 0 Å². The second-order valence-corrected chi connectivity index (χ2v) is 7.43. The highest BCUT2D eigenvalue weighted by molar-refractivity contribution is 6.33. The van der Waals surface area contributed by atoms with Crippen LogP contribution in [0.15, 0.2) is 34.7 Å². The van der Waals surface area contributed by atoms with Crippen LogP contribution in [-0.4, -0.2) is 46.8 Å². The lowest BCUT2D eigenvalue weighted by Gasteiger charge is -2.41. The van der Waals surface area contributed by atoms with Gasteiger partial charge in [0.2, 0.25) is 5.91 Å². The smallest absolute Gasteiger partial charge is 0.258 e. The van der Waals surface area contributed by atoms with E-state index in [1.54, 1.807) is 30.9 Å². The van der Waals surface area contributed by atoms with E-state index in [2.05, 4.69) is 0 Å². The summed E-state index contributed by atoms with van der Waals surface area (Å²) in [6.07, 6.45) is 1.96. The van der Waals surface area contributed by atoms with Gasteiger partial charge in [-0.15, -0.1) is 0 Å². The van der Waals surface area contributed by atoms with Gasteiger partial charge in [-0.25, -0.2) is 0 Å². The summed E-state index contributed by atoms with van der Waals surface area (Å²) < 4.78 is 5.81. The van der Waals surface area contributed by atoms with Gasteiger partial charge >= 0.3 is 0 Å². The molecule has 2 aliphatic heterocycles. The maximum absolute atomic E-state index is 13.2. The molecule has 4 rings (SSSR count). The molecule has 0 aliphatic carbocycles. The average Bonchev–Trinajstić information content (AvgIpc) is 3.24. The fourth-order valence-corrected chi connectivity index (χ4v) is 4.20. The number of benzene rings is 1. The Hall–Kier alpha value is -2.27. The monoisotopic (exact) mass is 372 g/mol. The van der Waals surface area contributed by atoms with Crippen LogP contribution in [0.4, 0.5) is 0 Å². The minimum atomic E-state index is -0.449. The third-order valence-corrected chi connectivity index (χ3v) is 5.77. The lowest BCUT2D eigenvalue weighted by atomic mass is 10.0. The molecule has 5 nitrogen and oxygen atoms in total. The number of nitrogens with zero attached hydrogens (tertiary/aromatic N) is 2. The minimum Gasteiger partial charge on any atom is -0.460 e. The Labute approximate surface area is 157 Å². The van der Waals surface area contributed by atoms with Gasteiger partial charge in [-0.2, -0.15) is 0 Å². The van der Waals surface area contributed by atoms with Gasteiger partial charge in [0, 0.05) is 24.7 Å². The van der Waals surface area contributed by atoms with E-state index in [0.717, 1.165) is 24.9 Å². The van der Waals surface area contributed by atoms with Crippen LogP contribution in [0.25, 0.3) is 11.3 Å². The largest absolute Gasteiger partial charge is 0.460 e. The topological polar surface area (TPSA) is 53.8 Å². The summed E-state index contributed by atoms with van der Waals surface area (Å²) in [5.74, 6) is 0.991. The lowest BCUT2D eigenvalue weighted by molar-refractivity contribution is -0.141. The number of carbonyl (C=O) groups is 2. The van der Waals surface area contributed by atoms with Crippen molar-refractivity contribution in [2.75, 3.05) is 13.1 Å². The molecular weight excluding hydrogens is 352 g/mol. The van der Waals surface area contributed by atoms with Gasteiger partial charge < -0.3 is 14.2 Å². The van der Waals surface area contributed by atoms with Crippen molar-refractivity contribution < 1.29 is 14.0 Å². The Balaban J connectivity index is 1.64. The van der Waals surface area contributed by atoms with Crippen LogP contribution in [0.3, 0.4) is 0 Å². The maximum Gasteiger partial charge on any atom is 0.258 e. The third-order valence-electron chi connectivity index (χ3n) is 5.44. The van der Waals surface area contributed by atoms with Gasteiger partial charge in [0.1, 0.15) is 17.6 Å². The highest BCUT2D eigenvalue weighted by Crippen LogP contribution is 2.33. The summed E-state index contributed by atoms with van der Waals surface area (Å²) in [5.41, 5.74) is 1.24. The number of hydrogen-bond acceptors (Lipinski definition) is 3. The van der Waals surface area contributed by atoms with Crippen LogP contribution in [0, 0.1) is 6.92 Å². The molecule has 2 amide bonds. The Morgan fingerprint density at radius 1 is 1.31 bits per heavy atom. The second-order valence-electron chi connectivity index (χ2n) is 7.02. The fraction of sp³-hybridized carbons (Fsp3) is 0.400. The highest BCUT2D eigenvalue weighted by atomic mass is 35.5. The summed E-state index contributed by atoms with van der Waals surface area (Å²) >= 11 is 6.25. The van der Waals surface area contributed by atoms with Crippen LogP contribution >= 0.6 is 11.6 Å². The van der Waals surface area contributed by atoms with Gasteiger partial charge in [0.25, 0.3) is 5.91 Å². The molecule has 26 heavy (non-hydrogen) atoms. The summed E-state index contributed by atoms with van der Waals surface area (Å²) in [4.78, 5) is 29.4. The molecule has 0 spiro atoms. The van der Waals surface area contributed by atoms with Gasteiger partial charge in [0.15, 0.2) is 0 Å². The number of furan rings is 1. The van der Waals surface area contributed by atoms with Gasteiger partial charge in [-0.05, 0) is 44.9 Å². The molecule has 2 atom stereocenters. The Morgan fingerprint density at radius 3 is 2.85 bits per heavy atom. The van der Waals surface area contributed by atoms with E-state index in [1.807, 2.05) is 23.1 Å². The first-order valence-electron chi connectivity index (χ1n) is 8.94. The zero-order valence-corrected chi connectivity index (χ0v) is 15.6. The zero-order chi connectivity index (χ0) is 18.4. The van der Waals surface area contributed by atoms with Crippen molar-refractivity contribution in [2.24, 2.45) is 0 Å². The molecule has 2 aromatic rings. The summed E-state index contributed by atoms with van der Waals surface area (Å²) in [5, 5.41) is 0.573. The quantitative estimate of drug-likeness (QED) is 0.806. The summed E-state index contributed by atoms with van der Waals surface area (Å²) in [6.45, 7) is 4.96. The number of fused-ring (bicyclic) bond motifs is 1. The molecule has 2 saturated heterocycles. The van der Waals surface area contributed by atoms with Crippen LogP contribution in [0.2, 0.25) is 5.02 Å². The van der Waals surface area contributed by atoms with Crippen molar-refractivity contribution in [1.82, 2.24) is 9.80 Å². The van der Waals surface area contributed by atoms with Crippen molar-refractivity contribution in [1.29, 1.82) is 0 Å². The van der Waals surface area contributed by atoms with Crippen LogP contribution in [-0.2, 0) is 4.79 Å². The van der Waals surface area contributed by atoms with Crippen molar-refractivity contribution >= 4 is 23.4 Å². The Bertz CT molecular complexity index is 876. The van der Waals surface area contributed by atoms with E-state index in [4.69, 9.17) is 16.0 Å². The predicted octanol–water partition coefficient (Wildman–Crippen LogP) is 3.74. The molecule has 2 aliphatic rings. The van der Waals surface area contributed by atoms with Gasteiger partial charge in [0.05, 0.1) is 10.6 Å². The number of carbonyl (C=O) groups excluding carboxylic acids is 2. The molecule has 0 N–H and O–H groups in total. The number of rotatable bonds is 2. The van der Waals surface area contributed by atoms with Crippen LogP contribution in [0.1, 0.15) is 35.9 Å². The van der Waals surface area contributed by atoms with E-state index in [-0.39, 0.29) is 17.9 Å². The molecule has 136 valence electrons. The summed E-state index contributed by atoms with van der Waals surface area (Å²) in [7, 11) is 0. The first-order valence-corrected chi connectivity index (χ1v) is 9.32. The number of piperazine rings is 1. The first kappa shape index (κ1) is 17.2. The minimum absolute atomic E-state index is 0.0413. The second kappa shape index (κ2) is 6.47. The van der Waals surface area contributed by atoms with Crippen molar-refractivity contribution in [2.45, 2.75) is 38.8 Å². The Morgan fingerprint density at radius 2 is 2.08 bits per heavy atom.